The number of nitrogens with zero attached hydrogens (tertiary/aromatic N) is 1. The SMILES string of the molecule is COc1ccc(CC(=O)Nc2cc(F)ccc2N(C)C)cc1. The van der Waals surface area contributed by atoms with E-state index >= 15 is 0 Å². The molecule has 0 radical (unpaired) electrons. The molecule has 0 saturated heterocycles. The number of benzene rings is 2. The molecule has 0 aliphatic carbocycles. The maximum Gasteiger partial charge on any atom is 0.228 e. The number of methoxy groups -OCH3 is 1. The Bertz CT molecular complexity index is 654. The van der Waals surface area contributed by atoms with Gasteiger partial charge in [-0.05, 0) is 35.9 Å². The van der Waals surface area contributed by atoms with Gasteiger partial charge in [-0.3, -0.25) is 4.79 Å². The highest BCUT2D eigenvalue weighted by Gasteiger charge is 2.10. The molecule has 0 aliphatic heterocycles. The zero-order valence-corrected chi connectivity index (χ0v) is 12.9. The molecule has 1 amide bonds. The third kappa shape index (κ3) is 3.97. The highest BCUT2D eigenvalue weighted by molar-refractivity contribution is 5.95. The summed E-state index contributed by atoms with van der Waals surface area (Å²) in [7, 11) is 5.27. The fourth-order valence-electron chi connectivity index (χ4n) is 2.12. The summed E-state index contributed by atoms with van der Waals surface area (Å²) in [5.74, 6) is 0.161. The summed E-state index contributed by atoms with van der Waals surface area (Å²) in [6, 6.07) is 11.6. The predicted octanol–water partition coefficient (Wildman–Crippen LogP) is 3.08. The molecule has 0 heterocycles. The van der Waals surface area contributed by atoms with Crippen molar-refractivity contribution < 1.29 is 13.9 Å². The number of carbonyl (C=O) groups is 1. The van der Waals surface area contributed by atoms with Crippen molar-refractivity contribution in [1.29, 1.82) is 0 Å². The van der Waals surface area contributed by atoms with Gasteiger partial charge < -0.3 is 15.0 Å². The minimum absolute atomic E-state index is 0.195. The van der Waals surface area contributed by atoms with Crippen LogP contribution in [0.25, 0.3) is 0 Å². The summed E-state index contributed by atoms with van der Waals surface area (Å²) in [5.41, 5.74) is 2.08. The number of nitrogens with one attached hydrogen (secondary N) is 1. The number of rotatable bonds is 5. The standard InChI is InChI=1S/C17H19FN2O2/c1-20(2)16-9-6-13(18)11-15(16)19-17(21)10-12-4-7-14(22-3)8-5-12/h4-9,11H,10H2,1-3H3,(H,19,21). The number of carbonyl (C=O) groups excluding carboxylic acids is 1. The fourth-order valence-corrected chi connectivity index (χ4v) is 2.12. The second-order valence-corrected chi connectivity index (χ2v) is 5.13. The van der Waals surface area contributed by atoms with E-state index in [-0.39, 0.29) is 18.1 Å². The molecule has 2 aromatic carbocycles. The lowest BCUT2D eigenvalue weighted by Gasteiger charge is -2.18. The molecule has 22 heavy (non-hydrogen) atoms. The van der Waals surface area contributed by atoms with Crippen LogP contribution in [0.15, 0.2) is 42.5 Å². The Balaban J connectivity index is 2.09. The number of amides is 1. The summed E-state index contributed by atoms with van der Waals surface area (Å²) < 4.78 is 18.5. The molecule has 0 atom stereocenters. The Morgan fingerprint density at radius 2 is 1.86 bits per heavy atom. The van der Waals surface area contributed by atoms with E-state index in [1.54, 1.807) is 25.3 Å². The van der Waals surface area contributed by atoms with Crippen LogP contribution in [-0.4, -0.2) is 27.1 Å². The van der Waals surface area contributed by atoms with Crippen LogP contribution in [0.3, 0.4) is 0 Å². The summed E-state index contributed by atoms with van der Waals surface area (Å²) in [6.07, 6.45) is 0.216. The minimum Gasteiger partial charge on any atom is -0.497 e. The zero-order chi connectivity index (χ0) is 16.1. The summed E-state index contributed by atoms with van der Waals surface area (Å²) >= 11 is 0. The summed E-state index contributed by atoms with van der Waals surface area (Å²) in [5, 5.41) is 2.76. The molecular formula is C17H19FN2O2. The Kier molecular flexibility index (Phi) is 4.99. The first-order valence-electron chi connectivity index (χ1n) is 6.89. The average Bonchev–Trinajstić information content (AvgIpc) is 2.47. The first kappa shape index (κ1) is 15.8. The van der Waals surface area contributed by atoms with E-state index in [1.807, 2.05) is 31.1 Å². The Hall–Kier alpha value is -2.56. The maximum absolute atomic E-state index is 13.4. The van der Waals surface area contributed by atoms with Crippen LogP contribution >= 0.6 is 0 Å². The molecule has 116 valence electrons. The van der Waals surface area contributed by atoms with Crippen molar-refractivity contribution >= 4 is 17.3 Å². The molecule has 5 heteroatoms. The van der Waals surface area contributed by atoms with Gasteiger partial charge in [-0.25, -0.2) is 4.39 Å². The van der Waals surface area contributed by atoms with Gasteiger partial charge in [0.05, 0.1) is 24.9 Å². The normalized spacial score (nSPS) is 10.2. The van der Waals surface area contributed by atoms with Crippen molar-refractivity contribution in [3.8, 4) is 5.75 Å². The van der Waals surface area contributed by atoms with Crippen molar-refractivity contribution in [2.45, 2.75) is 6.42 Å². The smallest absolute Gasteiger partial charge is 0.228 e. The van der Waals surface area contributed by atoms with Crippen LogP contribution in [0.5, 0.6) is 5.75 Å². The van der Waals surface area contributed by atoms with E-state index in [4.69, 9.17) is 4.74 Å². The van der Waals surface area contributed by atoms with Gasteiger partial charge in [0.2, 0.25) is 5.91 Å². The Morgan fingerprint density at radius 1 is 1.18 bits per heavy atom. The molecule has 0 fully saturated rings. The first-order chi connectivity index (χ1) is 10.5. The minimum atomic E-state index is -0.384. The third-order valence-electron chi connectivity index (χ3n) is 3.24. The van der Waals surface area contributed by atoms with Crippen LogP contribution in [0.2, 0.25) is 0 Å². The van der Waals surface area contributed by atoms with Gasteiger partial charge in [0.25, 0.3) is 0 Å². The largest absolute Gasteiger partial charge is 0.497 e. The monoisotopic (exact) mass is 302 g/mol. The van der Waals surface area contributed by atoms with Crippen LogP contribution in [0.4, 0.5) is 15.8 Å². The predicted molar refractivity (Wildman–Crippen MR) is 86.1 cm³/mol. The van der Waals surface area contributed by atoms with E-state index in [0.717, 1.165) is 17.0 Å². The van der Waals surface area contributed by atoms with Crippen molar-refractivity contribution in [1.82, 2.24) is 0 Å². The quantitative estimate of drug-likeness (QED) is 0.923. The maximum atomic E-state index is 13.4. The zero-order valence-electron chi connectivity index (χ0n) is 12.9. The molecule has 0 bridgehead atoms. The number of ether oxygens (including phenoxy) is 1. The molecular weight excluding hydrogens is 283 g/mol. The van der Waals surface area contributed by atoms with Gasteiger partial charge in [-0.1, -0.05) is 12.1 Å². The van der Waals surface area contributed by atoms with E-state index in [9.17, 15) is 9.18 Å². The average molecular weight is 302 g/mol. The first-order valence-corrected chi connectivity index (χ1v) is 6.89. The van der Waals surface area contributed by atoms with E-state index in [1.165, 1.54) is 12.1 Å². The Labute approximate surface area is 129 Å². The topological polar surface area (TPSA) is 41.6 Å². The highest BCUT2D eigenvalue weighted by Crippen LogP contribution is 2.25. The highest BCUT2D eigenvalue weighted by atomic mass is 19.1. The summed E-state index contributed by atoms with van der Waals surface area (Å²) in [6.45, 7) is 0. The lowest BCUT2D eigenvalue weighted by atomic mass is 10.1. The third-order valence-corrected chi connectivity index (χ3v) is 3.24. The second kappa shape index (κ2) is 6.93. The van der Waals surface area contributed by atoms with E-state index in [0.29, 0.717) is 5.69 Å². The van der Waals surface area contributed by atoms with Crippen LogP contribution in [-0.2, 0) is 11.2 Å². The Morgan fingerprint density at radius 3 is 2.45 bits per heavy atom. The van der Waals surface area contributed by atoms with E-state index < -0.39 is 0 Å². The number of halogens is 1. The van der Waals surface area contributed by atoms with Gasteiger partial charge >= 0.3 is 0 Å². The van der Waals surface area contributed by atoms with Gasteiger partial charge in [0, 0.05) is 14.1 Å². The lowest BCUT2D eigenvalue weighted by Crippen LogP contribution is -2.18. The van der Waals surface area contributed by atoms with Crippen molar-refractivity contribution in [2.75, 3.05) is 31.4 Å². The molecule has 0 aliphatic rings. The van der Waals surface area contributed by atoms with Crippen molar-refractivity contribution in [3.05, 3.63) is 53.8 Å². The molecule has 4 nitrogen and oxygen atoms in total. The molecule has 0 aromatic heterocycles. The number of anilines is 2. The summed E-state index contributed by atoms with van der Waals surface area (Å²) in [4.78, 5) is 14.0. The lowest BCUT2D eigenvalue weighted by molar-refractivity contribution is -0.115. The molecule has 2 rings (SSSR count). The number of hydrogen-bond acceptors (Lipinski definition) is 3. The molecule has 0 unspecified atom stereocenters. The fraction of sp³-hybridized carbons (Fsp3) is 0.235. The van der Waals surface area contributed by atoms with Crippen molar-refractivity contribution in [3.63, 3.8) is 0 Å². The van der Waals surface area contributed by atoms with Gasteiger partial charge in [-0.2, -0.15) is 0 Å². The van der Waals surface area contributed by atoms with Crippen LogP contribution < -0.4 is 15.0 Å². The van der Waals surface area contributed by atoms with Crippen molar-refractivity contribution in [2.24, 2.45) is 0 Å². The van der Waals surface area contributed by atoms with Gasteiger partial charge in [0.1, 0.15) is 11.6 Å². The molecule has 0 saturated carbocycles. The van der Waals surface area contributed by atoms with Crippen LogP contribution in [0.1, 0.15) is 5.56 Å². The van der Waals surface area contributed by atoms with E-state index in [2.05, 4.69) is 5.32 Å². The van der Waals surface area contributed by atoms with Gasteiger partial charge in [0.15, 0.2) is 0 Å². The van der Waals surface area contributed by atoms with Crippen LogP contribution in [0, 0.1) is 5.82 Å². The molecule has 1 N–H and O–H groups in total. The van der Waals surface area contributed by atoms with Gasteiger partial charge in [-0.15, -0.1) is 0 Å². The second-order valence-electron chi connectivity index (χ2n) is 5.13. The molecule has 2 aromatic rings. The number of hydrogen-bond donors (Lipinski definition) is 1. The molecule has 0 spiro atoms.